The van der Waals surface area contributed by atoms with E-state index < -0.39 is 0 Å². The van der Waals surface area contributed by atoms with Gasteiger partial charge in [-0.25, -0.2) is 0 Å². The summed E-state index contributed by atoms with van der Waals surface area (Å²) in [5.41, 5.74) is 0.621. The van der Waals surface area contributed by atoms with Gasteiger partial charge in [0.1, 0.15) is 5.69 Å². The SMILES string of the molecule is COc1cnn(C)c1C(=O)C1CCC(C(C)C)CC1. The molecule has 1 fully saturated rings. The van der Waals surface area contributed by atoms with Crippen LogP contribution < -0.4 is 4.74 Å². The molecule has 1 aliphatic rings. The summed E-state index contributed by atoms with van der Waals surface area (Å²) in [7, 11) is 3.39. The average Bonchev–Trinajstić information content (AvgIpc) is 2.79. The standard InChI is InChI=1S/C15H24N2O2/c1-10(2)11-5-7-12(8-6-11)15(18)14-13(19-4)9-16-17(14)3/h9-12H,5-8H2,1-4H3. The fraction of sp³-hybridized carbons (Fsp3) is 0.733. The monoisotopic (exact) mass is 264 g/mol. The lowest BCUT2D eigenvalue weighted by molar-refractivity contribution is 0.0846. The number of nitrogens with zero attached hydrogens (tertiary/aromatic N) is 2. The van der Waals surface area contributed by atoms with Crippen LogP contribution in [0.4, 0.5) is 0 Å². The molecule has 4 heteroatoms. The van der Waals surface area contributed by atoms with E-state index in [4.69, 9.17) is 4.74 Å². The molecule has 2 rings (SSSR count). The van der Waals surface area contributed by atoms with Crippen molar-refractivity contribution >= 4 is 5.78 Å². The van der Waals surface area contributed by atoms with Crippen LogP contribution in [0.2, 0.25) is 0 Å². The molecule has 1 aliphatic carbocycles. The van der Waals surface area contributed by atoms with Gasteiger partial charge in [-0.1, -0.05) is 13.8 Å². The zero-order valence-electron chi connectivity index (χ0n) is 12.3. The molecule has 0 aromatic carbocycles. The Hall–Kier alpha value is -1.32. The molecule has 19 heavy (non-hydrogen) atoms. The third-order valence-corrected chi connectivity index (χ3v) is 4.44. The molecule has 1 aromatic heterocycles. The van der Waals surface area contributed by atoms with Crippen LogP contribution in [0.25, 0.3) is 0 Å². The first-order valence-corrected chi connectivity index (χ1v) is 7.14. The van der Waals surface area contributed by atoms with Crippen molar-refractivity contribution in [1.29, 1.82) is 0 Å². The summed E-state index contributed by atoms with van der Waals surface area (Å²) in [6.07, 6.45) is 5.93. The van der Waals surface area contributed by atoms with E-state index in [0.717, 1.165) is 37.5 Å². The second-order valence-corrected chi connectivity index (χ2v) is 5.91. The highest BCUT2D eigenvalue weighted by molar-refractivity contribution is 5.98. The maximum absolute atomic E-state index is 12.6. The minimum absolute atomic E-state index is 0.138. The van der Waals surface area contributed by atoms with Crippen LogP contribution >= 0.6 is 0 Å². The Kier molecular flexibility index (Phi) is 4.27. The largest absolute Gasteiger partial charge is 0.493 e. The van der Waals surface area contributed by atoms with E-state index in [1.165, 1.54) is 0 Å². The first-order valence-electron chi connectivity index (χ1n) is 7.14. The van der Waals surface area contributed by atoms with Crippen LogP contribution in [-0.4, -0.2) is 22.7 Å². The van der Waals surface area contributed by atoms with Crippen molar-refractivity contribution in [2.75, 3.05) is 7.11 Å². The summed E-state index contributed by atoms with van der Waals surface area (Å²) in [5.74, 6) is 2.43. The van der Waals surface area contributed by atoms with Gasteiger partial charge in [0.15, 0.2) is 11.5 Å². The van der Waals surface area contributed by atoms with Crippen LogP contribution in [0.3, 0.4) is 0 Å². The Morgan fingerprint density at radius 2 is 2.00 bits per heavy atom. The lowest BCUT2D eigenvalue weighted by Crippen LogP contribution is -2.25. The normalized spacial score (nSPS) is 23.6. The molecule has 1 aromatic rings. The summed E-state index contributed by atoms with van der Waals surface area (Å²) in [5, 5.41) is 4.12. The second kappa shape index (κ2) is 5.76. The second-order valence-electron chi connectivity index (χ2n) is 5.91. The molecule has 1 saturated carbocycles. The minimum atomic E-state index is 0.138. The van der Waals surface area contributed by atoms with Crippen molar-refractivity contribution in [3.8, 4) is 5.75 Å². The number of hydrogen-bond acceptors (Lipinski definition) is 3. The maximum Gasteiger partial charge on any atom is 0.187 e. The quantitative estimate of drug-likeness (QED) is 0.785. The van der Waals surface area contributed by atoms with Crippen molar-refractivity contribution in [1.82, 2.24) is 9.78 Å². The molecule has 0 radical (unpaired) electrons. The Morgan fingerprint density at radius 1 is 1.37 bits per heavy atom. The van der Waals surface area contributed by atoms with Gasteiger partial charge < -0.3 is 4.74 Å². The van der Waals surface area contributed by atoms with Gasteiger partial charge in [0.2, 0.25) is 0 Å². The number of ketones is 1. The summed E-state index contributed by atoms with van der Waals surface area (Å²) >= 11 is 0. The predicted molar refractivity (Wildman–Crippen MR) is 74.4 cm³/mol. The van der Waals surface area contributed by atoms with Crippen molar-refractivity contribution in [2.24, 2.45) is 24.8 Å². The van der Waals surface area contributed by atoms with Crippen LogP contribution in [0.15, 0.2) is 6.20 Å². The molecule has 0 unspecified atom stereocenters. The summed E-state index contributed by atoms with van der Waals surface area (Å²) in [6, 6.07) is 0. The molecule has 0 amide bonds. The lowest BCUT2D eigenvalue weighted by atomic mass is 9.75. The van der Waals surface area contributed by atoms with Gasteiger partial charge in [0.05, 0.1) is 13.3 Å². The van der Waals surface area contributed by atoms with E-state index in [9.17, 15) is 4.79 Å². The van der Waals surface area contributed by atoms with Gasteiger partial charge in [-0.2, -0.15) is 5.10 Å². The Bertz CT molecular complexity index is 443. The fourth-order valence-corrected chi connectivity index (χ4v) is 3.09. The van der Waals surface area contributed by atoms with E-state index in [-0.39, 0.29) is 11.7 Å². The van der Waals surface area contributed by atoms with E-state index in [1.54, 1.807) is 25.0 Å². The topological polar surface area (TPSA) is 44.1 Å². The van der Waals surface area contributed by atoms with Crippen molar-refractivity contribution in [2.45, 2.75) is 39.5 Å². The van der Waals surface area contributed by atoms with Gasteiger partial charge in [-0.15, -0.1) is 0 Å². The molecule has 1 heterocycles. The number of ether oxygens (including phenoxy) is 1. The zero-order valence-corrected chi connectivity index (χ0v) is 12.3. The molecule has 0 aliphatic heterocycles. The molecular formula is C15H24N2O2. The lowest BCUT2D eigenvalue weighted by Gasteiger charge is -2.30. The highest BCUT2D eigenvalue weighted by Crippen LogP contribution is 2.35. The predicted octanol–water partition coefficient (Wildman–Crippen LogP) is 3.07. The number of carbonyl (C=O) groups excluding carboxylic acids is 1. The highest BCUT2D eigenvalue weighted by Gasteiger charge is 2.31. The van der Waals surface area contributed by atoms with E-state index in [2.05, 4.69) is 18.9 Å². The van der Waals surface area contributed by atoms with Crippen molar-refractivity contribution in [3.05, 3.63) is 11.9 Å². The van der Waals surface area contributed by atoms with Gasteiger partial charge in [-0.05, 0) is 37.5 Å². The molecule has 106 valence electrons. The maximum atomic E-state index is 12.6. The van der Waals surface area contributed by atoms with Gasteiger partial charge >= 0.3 is 0 Å². The Morgan fingerprint density at radius 3 is 2.53 bits per heavy atom. The molecule has 0 spiro atoms. The highest BCUT2D eigenvalue weighted by atomic mass is 16.5. The van der Waals surface area contributed by atoms with Gasteiger partial charge in [0, 0.05) is 13.0 Å². The van der Waals surface area contributed by atoms with E-state index >= 15 is 0 Å². The zero-order chi connectivity index (χ0) is 14.0. The number of carbonyl (C=O) groups is 1. The number of Topliss-reactive ketones (excluding diaryl/α,β-unsaturated/α-hetero) is 1. The minimum Gasteiger partial charge on any atom is -0.493 e. The molecule has 0 atom stereocenters. The third-order valence-electron chi connectivity index (χ3n) is 4.44. The Balaban J connectivity index is 2.07. The number of aryl methyl sites for hydroxylation is 1. The molecule has 0 saturated heterocycles. The third kappa shape index (κ3) is 2.82. The number of hydrogen-bond donors (Lipinski definition) is 0. The van der Waals surface area contributed by atoms with Crippen LogP contribution in [0, 0.1) is 17.8 Å². The first-order chi connectivity index (χ1) is 9.04. The van der Waals surface area contributed by atoms with E-state index in [1.807, 2.05) is 0 Å². The molecule has 0 bridgehead atoms. The molecule has 4 nitrogen and oxygen atoms in total. The molecular weight excluding hydrogens is 240 g/mol. The smallest absolute Gasteiger partial charge is 0.187 e. The van der Waals surface area contributed by atoms with Crippen molar-refractivity contribution < 1.29 is 9.53 Å². The number of rotatable bonds is 4. The van der Waals surface area contributed by atoms with Crippen LogP contribution in [-0.2, 0) is 7.05 Å². The summed E-state index contributed by atoms with van der Waals surface area (Å²) < 4.78 is 6.87. The molecule has 0 N–H and O–H groups in total. The summed E-state index contributed by atoms with van der Waals surface area (Å²) in [4.78, 5) is 12.6. The fourth-order valence-electron chi connectivity index (χ4n) is 3.09. The summed E-state index contributed by atoms with van der Waals surface area (Å²) in [6.45, 7) is 4.55. The van der Waals surface area contributed by atoms with Crippen LogP contribution in [0.1, 0.15) is 50.0 Å². The van der Waals surface area contributed by atoms with E-state index in [0.29, 0.717) is 11.4 Å². The first kappa shape index (κ1) is 14.1. The number of methoxy groups -OCH3 is 1. The van der Waals surface area contributed by atoms with Gasteiger partial charge in [0.25, 0.3) is 0 Å². The van der Waals surface area contributed by atoms with Crippen LogP contribution in [0.5, 0.6) is 5.75 Å². The van der Waals surface area contributed by atoms with Gasteiger partial charge in [-0.3, -0.25) is 9.48 Å². The van der Waals surface area contributed by atoms with Crippen molar-refractivity contribution in [3.63, 3.8) is 0 Å². The Labute approximate surface area is 115 Å². The average molecular weight is 264 g/mol. The number of aromatic nitrogens is 2.